The van der Waals surface area contributed by atoms with E-state index in [2.05, 4.69) is 43.4 Å². The smallest absolute Gasteiger partial charge is 0.279 e. The van der Waals surface area contributed by atoms with E-state index in [9.17, 15) is 4.79 Å². The van der Waals surface area contributed by atoms with E-state index in [0.29, 0.717) is 24.8 Å². The second-order valence-corrected chi connectivity index (χ2v) is 6.68. The summed E-state index contributed by atoms with van der Waals surface area (Å²) in [7, 11) is 2.03. The highest BCUT2D eigenvalue weighted by atomic mass is 16.5. The van der Waals surface area contributed by atoms with Gasteiger partial charge in [0.25, 0.3) is 5.91 Å². The summed E-state index contributed by atoms with van der Waals surface area (Å²) in [6.45, 7) is 8.12. The van der Waals surface area contributed by atoms with Crippen LogP contribution in [0.1, 0.15) is 37.8 Å². The number of nitrogens with one attached hydrogen (secondary N) is 2. The standard InChI is InChI=1S/C21H28N2O2/c1-5-25-20-9-7-6-8-19(20)22-21(24)15-23(4)14-17-10-12-18(13-11-17)16(2)3/h6-13,16H,5,14-15H2,1-4H3,(H,22,24)/p+1. The van der Waals surface area contributed by atoms with Crippen LogP contribution in [0, 0.1) is 0 Å². The maximum absolute atomic E-state index is 12.3. The van der Waals surface area contributed by atoms with E-state index in [0.717, 1.165) is 17.1 Å². The van der Waals surface area contributed by atoms with Gasteiger partial charge in [-0.25, -0.2) is 0 Å². The van der Waals surface area contributed by atoms with Gasteiger partial charge in [-0.15, -0.1) is 0 Å². The van der Waals surface area contributed by atoms with Gasteiger partial charge in [0.1, 0.15) is 12.3 Å². The van der Waals surface area contributed by atoms with Crippen molar-refractivity contribution in [2.24, 2.45) is 0 Å². The molecule has 0 aliphatic heterocycles. The summed E-state index contributed by atoms with van der Waals surface area (Å²) in [5.41, 5.74) is 3.31. The quantitative estimate of drug-likeness (QED) is 0.775. The molecule has 0 aliphatic rings. The predicted octanol–water partition coefficient (Wildman–Crippen LogP) is 2.86. The maximum atomic E-state index is 12.3. The molecule has 2 rings (SSSR count). The molecule has 25 heavy (non-hydrogen) atoms. The minimum absolute atomic E-state index is 0.0107. The van der Waals surface area contributed by atoms with E-state index in [1.165, 1.54) is 11.1 Å². The van der Waals surface area contributed by atoms with E-state index < -0.39 is 0 Å². The van der Waals surface area contributed by atoms with E-state index in [-0.39, 0.29) is 5.91 Å². The minimum atomic E-state index is -0.0107. The lowest BCUT2D eigenvalue weighted by molar-refractivity contribution is -0.885. The van der Waals surface area contributed by atoms with Crippen molar-refractivity contribution >= 4 is 11.6 Å². The van der Waals surface area contributed by atoms with Crippen molar-refractivity contribution in [3.8, 4) is 5.75 Å². The fraction of sp³-hybridized carbons (Fsp3) is 0.381. The Bertz CT molecular complexity index is 681. The molecule has 4 nitrogen and oxygen atoms in total. The monoisotopic (exact) mass is 341 g/mol. The van der Waals surface area contributed by atoms with Crippen LogP contribution in [0.25, 0.3) is 0 Å². The van der Waals surface area contributed by atoms with Crippen LogP contribution in [-0.4, -0.2) is 26.1 Å². The zero-order valence-electron chi connectivity index (χ0n) is 15.6. The Balaban J connectivity index is 1.89. The van der Waals surface area contributed by atoms with Crippen molar-refractivity contribution in [1.82, 2.24) is 0 Å². The summed E-state index contributed by atoms with van der Waals surface area (Å²) in [4.78, 5) is 13.5. The third-order valence-corrected chi connectivity index (χ3v) is 4.08. The maximum Gasteiger partial charge on any atom is 0.279 e. The number of para-hydroxylation sites is 2. The average Bonchev–Trinajstić information content (AvgIpc) is 2.57. The van der Waals surface area contributed by atoms with Crippen molar-refractivity contribution in [2.45, 2.75) is 33.2 Å². The van der Waals surface area contributed by atoms with Crippen molar-refractivity contribution < 1.29 is 14.4 Å². The van der Waals surface area contributed by atoms with Crippen molar-refractivity contribution in [2.75, 3.05) is 25.5 Å². The summed E-state index contributed by atoms with van der Waals surface area (Å²) in [6, 6.07) is 16.2. The van der Waals surface area contributed by atoms with Crippen LogP contribution in [0.4, 0.5) is 5.69 Å². The molecule has 4 heteroatoms. The number of carbonyl (C=O) groups excluding carboxylic acids is 1. The third kappa shape index (κ3) is 5.91. The Labute approximate surface area is 150 Å². The molecule has 0 heterocycles. The normalized spacial score (nSPS) is 12.0. The Hall–Kier alpha value is -2.33. The molecule has 134 valence electrons. The fourth-order valence-corrected chi connectivity index (χ4v) is 2.75. The molecule has 0 radical (unpaired) electrons. The van der Waals surface area contributed by atoms with Crippen LogP contribution in [0.3, 0.4) is 0 Å². The number of rotatable bonds is 8. The topological polar surface area (TPSA) is 42.8 Å². The average molecular weight is 341 g/mol. The van der Waals surface area contributed by atoms with Gasteiger partial charge in [-0.3, -0.25) is 4.79 Å². The van der Waals surface area contributed by atoms with Crippen molar-refractivity contribution in [1.29, 1.82) is 0 Å². The molecule has 0 spiro atoms. The summed E-state index contributed by atoms with van der Waals surface area (Å²) in [5.74, 6) is 1.24. The molecule has 0 saturated heterocycles. The third-order valence-electron chi connectivity index (χ3n) is 4.08. The highest BCUT2D eigenvalue weighted by molar-refractivity contribution is 5.92. The molecule has 2 aromatic carbocycles. The van der Waals surface area contributed by atoms with Gasteiger partial charge in [0.2, 0.25) is 0 Å². The number of anilines is 1. The fourth-order valence-electron chi connectivity index (χ4n) is 2.75. The zero-order chi connectivity index (χ0) is 18.2. The first kappa shape index (κ1) is 19.0. The van der Waals surface area contributed by atoms with Gasteiger partial charge in [-0.1, -0.05) is 50.2 Å². The molecule has 0 bridgehead atoms. The summed E-state index contributed by atoms with van der Waals surface area (Å²) < 4.78 is 5.55. The molecule has 1 amide bonds. The molecule has 0 fully saturated rings. The number of amides is 1. The Morgan fingerprint density at radius 2 is 1.80 bits per heavy atom. The number of ether oxygens (including phenoxy) is 1. The van der Waals surface area contributed by atoms with Crippen LogP contribution in [0.5, 0.6) is 5.75 Å². The number of hydrogen-bond donors (Lipinski definition) is 2. The van der Waals surface area contributed by atoms with Crippen LogP contribution >= 0.6 is 0 Å². The van der Waals surface area contributed by atoms with Gasteiger partial charge in [0.15, 0.2) is 6.54 Å². The first-order chi connectivity index (χ1) is 12.0. The molecular weight excluding hydrogens is 312 g/mol. The molecule has 2 N–H and O–H groups in total. The highest BCUT2D eigenvalue weighted by Crippen LogP contribution is 2.23. The SMILES string of the molecule is CCOc1ccccc1NC(=O)C[NH+](C)Cc1ccc(C(C)C)cc1. The van der Waals surface area contributed by atoms with Crippen LogP contribution in [0.2, 0.25) is 0 Å². The number of likely N-dealkylation sites (N-methyl/N-ethyl adjacent to an activating group) is 1. The Kier molecular flexibility index (Phi) is 7.02. The van der Waals surface area contributed by atoms with Crippen LogP contribution in [0.15, 0.2) is 48.5 Å². The Morgan fingerprint density at radius 1 is 1.12 bits per heavy atom. The highest BCUT2D eigenvalue weighted by Gasteiger charge is 2.13. The van der Waals surface area contributed by atoms with Gasteiger partial charge >= 0.3 is 0 Å². The molecule has 2 aromatic rings. The van der Waals surface area contributed by atoms with Crippen molar-refractivity contribution in [3.63, 3.8) is 0 Å². The molecule has 0 aromatic heterocycles. The first-order valence-electron chi connectivity index (χ1n) is 8.91. The molecular formula is C21H29N2O2+. The first-order valence-corrected chi connectivity index (χ1v) is 8.91. The lowest BCUT2D eigenvalue weighted by Crippen LogP contribution is -3.08. The molecule has 0 aliphatic carbocycles. The van der Waals surface area contributed by atoms with E-state index in [1.807, 2.05) is 38.2 Å². The van der Waals surface area contributed by atoms with E-state index in [4.69, 9.17) is 4.74 Å². The second-order valence-electron chi connectivity index (χ2n) is 6.68. The number of benzene rings is 2. The number of quaternary nitrogens is 1. The molecule has 1 atom stereocenters. The summed E-state index contributed by atoms with van der Waals surface area (Å²) in [6.07, 6.45) is 0. The predicted molar refractivity (Wildman–Crippen MR) is 102 cm³/mol. The molecule has 0 saturated carbocycles. The number of carbonyl (C=O) groups is 1. The van der Waals surface area contributed by atoms with Crippen molar-refractivity contribution in [3.05, 3.63) is 59.7 Å². The number of hydrogen-bond acceptors (Lipinski definition) is 2. The van der Waals surface area contributed by atoms with Crippen LogP contribution < -0.4 is 15.0 Å². The molecule has 1 unspecified atom stereocenters. The van der Waals surface area contributed by atoms with Gasteiger partial charge in [0, 0.05) is 5.56 Å². The van der Waals surface area contributed by atoms with Gasteiger partial charge in [-0.2, -0.15) is 0 Å². The van der Waals surface area contributed by atoms with Gasteiger partial charge in [0.05, 0.1) is 19.3 Å². The zero-order valence-corrected chi connectivity index (χ0v) is 15.6. The summed E-state index contributed by atoms with van der Waals surface area (Å²) in [5, 5.41) is 2.95. The largest absolute Gasteiger partial charge is 0.492 e. The Morgan fingerprint density at radius 3 is 2.44 bits per heavy atom. The van der Waals surface area contributed by atoms with Gasteiger partial charge < -0.3 is 15.0 Å². The van der Waals surface area contributed by atoms with E-state index in [1.54, 1.807) is 0 Å². The minimum Gasteiger partial charge on any atom is -0.492 e. The lowest BCUT2D eigenvalue weighted by Gasteiger charge is -2.16. The van der Waals surface area contributed by atoms with Crippen LogP contribution in [-0.2, 0) is 11.3 Å². The lowest BCUT2D eigenvalue weighted by atomic mass is 10.0. The van der Waals surface area contributed by atoms with E-state index >= 15 is 0 Å². The van der Waals surface area contributed by atoms with Gasteiger partial charge in [-0.05, 0) is 30.5 Å². The summed E-state index contributed by atoms with van der Waals surface area (Å²) >= 11 is 0. The second kappa shape index (κ2) is 9.23.